The van der Waals surface area contributed by atoms with E-state index in [2.05, 4.69) is 27.4 Å². The van der Waals surface area contributed by atoms with Gasteiger partial charge >= 0.3 is 0 Å². The molecule has 0 N–H and O–H groups in total. The van der Waals surface area contributed by atoms with Gasteiger partial charge < -0.3 is 9.47 Å². The average molecular weight is 382 g/mol. The Morgan fingerprint density at radius 2 is 1.93 bits per heavy atom. The predicted molar refractivity (Wildman–Crippen MR) is 108 cm³/mol. The summed E-state index contributed by atoms with van der Waals surface area (Å²) in [6.07, 6.45) is 4.40. The topological polar surface area (TPSA) is 61.5 Å². The van der Waals surface area contributed by atoms with Gasteiger partial charge in [-0.05, 0) is 42.5 Å². The maximum atomic E-state index is 5.56. The van der Waals surface area contributed by atoms with Crippen molar-refractivity contribution in [3.63, 3.8) is 0 Å². The largest absolute Gasteiger partial charge is 0.493 e. The quantitative estimate of drug-likeness (QED) is 0.437. The third kappa shape index (κ3) is 4.68. The number of thioether (sulfide) groups is 1. The molecule has 0 aliphatic heterocycles. The third-order valence-electron chi connectivity index (χ3n) is 3.87. The van der Waals surface area contributed by atoms with Crippen LogP contribution in [0.2, 0.25) is 0 Å². The number of aromatic nitrogens is 3. The number of methoxy groups -OCH3 is 1. The van der Waals surface area contributed by atoms with Gasteiger partial charge in [-0.15, -0.1) is 10.2 Å². The Hall–Kier alpha value is -2.80. The minimum absolute atomic E-state index is 0.588. The van der Waals surface area contributed by atoms with Crippen molar-refractivity contribution in [1.82, 2.24) is 14.9 Å². The fraction of sp³-hybridized carbons (Fsp3) is 0.250. The SMILES string of the molecule is CCOc1ccc(/C=N\n2c(Cc3ccccc3)nnc2SC)cc1OC. The molecule has 0 saturated heterocycles. The van der Waals surface area contributed by atoms with Gasteiger partial charge in [-0.25, -0.2) is 0 Å². The van der Waals surface area contributed by atoms with Crippen LogP contribution in [0, 0.1) is 0 Å². The summed E-state index contributed by atoms with van der Waals surface area (Å²) in [5.41, 5.74) is 2.07. The number of rotatable bonds is 8. The molecule has 0 radical (unpaired) electrons. The van der Waals surface area contributed by atoms with Gasteiger partial charge in [0.2, 0.25) is 5.16 Å². The van der Waals surface area contributed by atoms with E-state index in [1.54, 1.807) is 18.0 Å². The molecule has 0 unspecified atom stereocenters. The van der Waals surface area contributed by atoms with Crippen molar-refractivity contribution in [2.45, 2.75) is 18.5 Å². The van der Waals surface area contributed by atoms with Gasteiger partial charge in [0.05, 0.1) is 19.9 Å². The minimum atomic E-state index is 0.588. The van der Waals surface area contributed by atoms with Crippen molar-refractivity contribution in [2.75, 3.05) is 20.0 Å². The minimum Gasteiger partial charge on any atom is -0.493 e. The van der Waals surface area contributed by atoms with Gasteiger partial charge in [0.25, 0.3) is 0 Å². The zero-order valence-corrected chi connectivity index (χ0v) is 16.4. The van der Waals surface area contributed by atoms with Crippen molar-refractivity contribution in [3.8, 4) is 11.5 Å². The Bertz CT molecular complexity index is 910. The molecule has 0 fully saturated rings. The van der Waals surface area contributed by atoms with Crippen LogP contribution in [-0.2, 0) is 6.42 Å². The lowest BCUT2D eigenvalue weighted by Crippen LogP contribution is -2.01. The lowest BCUT2D eigenvalue weighted by Gasteiger charge is -2.09. The summed E-state index contributed by atoms with van der Waals surface area (Å²) < 4.78 is 12.7. The molecule has 3 aromatic rings. The van der Waals surface area contributed by atoms with Gasteiger partial charge in [-0.1, -0.05) is 42.1 Å². The molecule has 140 valence electrons. The number of hydrogen-bond donors (Lipinski definition) is 0. The zero-order chi connectivity index (χ0) is 19.1. The summed E-state index contributed by atoms with van der Waals surface area (Å²) in [6, 6.07) is 15.9. The normalized spacial score (nSPS) is 11.1. The molecule has 27 heavy (non-hydrogen) atoms. The second-order valence-electron chi connectivity index (χ2n) is 5.66. The summed E-state index contributed by atoms with van der Waals surface area (Å²) >= 11 is 1.51. The monoisotopic (exact) mass is 382 g/mol. The van der Waals surface area contributed by atoms with Crippen LogP contribution in [0.4, 0.5) is 0 Å². The Morgan fingerprint density at radius 1 is 1.11 bits per heavy atom. The van der Waals surface area contributed by atoms with Gasteiger partial charge in [0, 0.05) is 6.42 Å². The number of benzene rings is 2. The Labute approximate surface area is 163 Å². The van der Waals surface area contributed by atoms with Crippen molar-refractivity contribution in [2.24, 2.45) is 5.10 Å². The first kappa shape index (κ1) is 19.0. The summed E-state index contributed by atoms with van der Waals surface area (Å²) in [7, 11) is 1.63. The maximum absolute atomic E-state index is 5.56. The second-order valence-corrected chi connectivity index (χ2v) is 6.44. The van der Waals surface area contributed by atoms with Crippen molar-refractivity contribution in [3.05, 3.63) is 65.5 Å². The molecule has 1 aromatic heterocycles. The molecule has 0 spiro atoms. The fourth-order valence-corrected chi connectivity index (χ4v) is 3.04. The molecule has 0 amide bonds. The molecule has 0 atom stereocenters. The standard InChI is InChI=1S/C20H22N4O2S/c1-4-26-17-11-10-16(12-18(17)25-2)14-21-24-19(22-23-20(24)27-3)13-15-8-6-5-7-9-15/h5-12,14H,4,13H2,1-3H3/b21-14-. The Balaban J connectivity index is 1.87. The first-order valence-corrected chi connectivity index (χ1v) is 9.85. The lowest BCUT2D eigenvalue weighted by atomic mass is 10.1. The smallest absolute Gasteiger partial charge is 0.211 e. The Kier molecular flexibility index (Phi) is 6.49. The highest BCUT2D eigenvalue weighted by Gasteiger charge is 2.11. The van der Waals surface area contributed by atoms with E-state index in [1.165, 1.54) is 11.8 Å². The highest BCUT2D eigenvalue weighted by molar-refractivity contribution is 7.98. The molecule has 1 heterocycles. The van der Waals surface area contributed by atoms with Crippen LogP contribution in [0.3, 0.4) is 0 Å². The first-order valence-electron chi connectivity index (χ1n) is 8.62. The van der Waals surface area contributed by atoms with E-state index in [4.69, 9.17) is 9.47 Å². The average Bonchev–Trinajstić information content (AvgIpc) is 3.09. The van der Waals surface area contributed by atoms with Crippen molar-refractivity contribution >= 4 is 18.0 Å². The van der Waals surface area contributed by atoms with E-state index in [0.29, 0.717) is 18.8 Å². The van der Waals surface area contributed by atoms with Gasteiger partial charge in [0.1, 0.15) is 0 Å². The molecule has 0 saturated carbocycles. The summed E-state index contributed by atoms with van der Waals surface area (Å²) in [5.74, 6) is 2.19. The van der Waals surface area contributed by atoms with Crippen LogP contribution in [-0.4, -0.2) is 41.1 Å². The van der Waals surface area contributed by atoms with E-state index >= 15 is 0 Å². The van der Waals surface area contributed by atoms with E-state index in [9.17, 15) is 0 Å². The first-order chi connectivity index (χ1) is 13.2. The highest BCUT2D eigenvalue weighted by Crippen LogP contribution is 2.27. The van der Waals surface area contributed by atoms with Crippen molar-refractivity contribution < 1.29 is 9.47 Å². The van der Waals surface area contributed by atoms with Crippen LogP contribution < -0.4 is 9.47 Å². The van der Waals surface area contributed by atoms with Crippen LogP contribution in [0.1, 0.15) is 23.9 Å². The lowest BCUT2D eigenvalue weighted by molar-refractivity contribution is 0.311. The maximum Gasteiger partial charge on any atom is 0.211 e. The van der Waals surface area contributed by atoms with Crippen molar-refractivity contribution in [1.29, 1.82) is 0 Å². The molecule has 0 bridgehead atoms. The van der Waals surface area contributed by atoms with Gasteiger partial charge in [0.15, 0.2) is 17.3 Å². The van der Waals surface area contributed by atoms with E-state index in [-0.39, 0.29) is 0 Å². The van der Waals surface area contributed by atoms with Crippen LogP contribution in [0.5, 0.6) is 11.5 Å². The highest BCUT2D eigenvalue weighted by atomic mass is 32.2. The van der Waals surface area contributed by atoms with Crippen LogP contribution in [0.15, 0.2) is 58.8 Å². The van der Waals surface area contributed by atoms with Gasteiger partial charge in [-0.2, -0.15) is 9.78 Å². The number of hydrogen-bond acceptors (Lipinski definition) is 6. The summed E-state index contributed by atoms with van der Waals surface area (Å²) in [5, 5.41) is 13.9. The molecule has 0 aliphatic carbocycles. The van der Waals surface area contributed by atoms with E-state index in [0.717, 1.165) is 27.9 Å². The van der Waals surface area contributed by atoms with E-state index < -0.39 is 0 Å². The predicted octanol–water partition coefficient (Wildman–Crippen LogP) is 3.88. The zero-order valence-electron chi connectivity index (χ0n) is 15.6. The fourth-order valence-electron chi connectivity index (χ4n) is 2.59. The number of nitrogens with zero attached hydrogens (tertiary/aromatic N) is 4. The molecule has 2 aromatic carbocycles. The Morgan fingerprint density at radius 3 is 2.63 bits per heavy atom. The molecule has 6 nitrogen and oxygen atoms in total. The number of ether oxygens (including phenoxy) is 2. The molecule has 3 rings (SSSR count). The molecule has 7 heteroatoms. The van der Waals surface area contributed by atoms with Crippen LogP contribution in [0.25, 0.3) is 0 Å². The molecule has 0 aliphatic rings. The van der Waals surface area contributed by atoms with Gasteiger partial charge in [-0.3, -0.25) is 0 Å². The van der Waals surface area contributed by atoms with E-state index in [1.807, 2.05) is 49.6 Å². The summed E-state index contributed by atoms with van der Waals surface area (Å²) in [6.45, 7) is 2.53. The molecular formula is C20H22N4O2S. The second kappa shape index (κ2) is 9.23. The third-order valence-corrected chi connectivity index (χ3v) is 4.49. The van der Waals surface area contributed by atoms with Crippen LogP contribution >= 0.6 is 11.8 Å². The summed E-state index contributed by atoms with van der Waals surface area (Å²) in [4.78, 5) is 0. The molecular weight excluding hydrogens is 360 g/mol.